The van der Waals surface area contributed by atoms with Crippen molar-refractivity contribution in [2.24, 2.45) is 4.99 Å². The van der Waals surface area contributed by atoms with Crippen LogP contribution in [0.1, 0.15) is 23.6 Å². The fourth-order valence-electron chi connectivity index (χ4n) is 3.32. The third-order valence-corrected chi connectivity index (χ3v) is 7.76. The van der Waals surface area contributed by atoms with E-state index < -0.39 is 0 Å². The molecule has 0 aliphatic carbocycles. The summed E-state index contributed by atoms with van der Waals surface area (Å²) in [7, 11) is 0. The molecule has 1 fully saturated rings. The Kier molecular flexibility index (Phi) is 8.91. The number of carbonyl (C=O) groups excluding carboxylic acids is 1. The highest BCUT2D eigenvalue weighted by atomic mass is 79.9. The van der Waals surface area contributed by atoms with Crippen LogP contribution in [0, 0.1) is 6.92 Å². The molecule has 1 N–H and O–H groups in total. The summed E-state index contributed by atoms with van der Waals surface area (Å²) in [6.07, 6.45) is 1.78. The maximum absolute atomic E-state index is 12.6. The second-order valence-corrected chi connectivity index (χ2v) is 10.8. The lowest BCUT2D eigenvalue weighted by atomic mass is 10.1. The van der Waals surface area contributed by atoms with Gasteiger partial charge >= 0.3 is 0 Å². The van der Waals surface area contributed by atoms with E-state index in [1.807, 2.05) is 44.2 Å². The second-order valence-electron chi connectivity index (χ2n) is 7.67. The van der Waals surface area contributed by atoms with Crippen LogP contribution >= 0.6 is 62.5 Å². The van der Waals surface area contributed by atoms with Gasteiger partial charge in [0.25, 0.3) is 5.91 Å². The van der Waals surface area contributed by atoms with Gasteiger partial charge < -0.3 is 14.8 Å². The highest BCUT2D eigenvalue weighted by Crippen LogP contribution is 2.39. The molecular weight excluding hydrogens is 607 g/mol. The zero-order valence-corrected chi connectivity index (χ0v) is 23.9. The lowest BCUT2D eigenvalue weighted by Gasteiger charge is -2.15. The lowest BCUT2D eigenvalue weighted by molar-refractivity contribution is -0.115. The fourth-order valence-corrected chi connectivity index (χ4v) is 5.22. The largest absolute Gasteiger partial charge is 0.490 e. The van der Waals surface area contributed by atoms with Gasteiger partial charge in [0, 0.05) is 5.02 Å². The first-order valence-corrected chi connectivity index (χ1v) is 13.6. The molecule has 186 valence electrons. The van der Waals surface area contributed by atoms with E-state index in [-0.39, 0.29) is 12.5 Å². The normalized spacial score (nSPS) is 15.4. The van der Waals surface area contributed by atoms with Crippen molar-refractivity contribution < 1.29 is 14.3 Å². The van der Waals surface area contributed by atoms with Crippen molar-refractivity contribution >= 4 is 85.3 Å². The number of carbonyl (C=O) groups is 1. The average Bonchev–Trinajstić information content (AvgIpc) is 3.17. The number of benzene rings is 3. The SMILES string of the molecule is CCOc1cc(/C=C2/SC(=Nc3cccc(Cl)c3C)NC2=O)cc(Br)c1OCc1ccc(Cl)c(Cl)c1. The van der Waals surface area contributed by atoms with Gasteiger partial charge in [-0.1, -0.05) is 46.9 Å². The summed E-state index contributed by atoms with van der Waals surface area (Å²) >= 11 is 23.1. The number of hydrogen-bond donors (Lipinski definition) is 1. The van der Waals surface area contributed by atoms with E-state index in [2.05, 4.69) is 26.2 Å². The van der Waals surface area contributed by atoms with E-state index in [1.165, 1.54) is 11.8 Å². The molecule has 0 saturated carbocycles. The minimum atomic E-state index is -0.229. The molecule has 1 amide bonds. The molecule has 3 aromatic rings. The van der Waals surface area contributed by atoms with Gasteiger partial charge in [0.1, 0.15) is 6.61 Å². The van der Waals surface area contributed by atoms with Gasteiger partial charge in [-0.2, -0.15) is 0 Å². The van der Waals surface area contributed by atoms with Crippen molar-refractivity contribution in [3.63, 3.8) is 0 Å². The molecule has 0 atom stereocenters. The van der Waals surface area contributed by atoms with Gasteiger partial charge in [0.05, 0.1) is 31.7 Å². The summed E-state index contributed by atoms with van der Waals surface area (Å²) in [6.45, 7) is 4.50. The minimum Gasteiger partial charge on any atom is -0.490 e. The van der Waals surface area contributed by atoms with E-state index in [1.54, 1.807) is 24.3 Å². The maximum atomic E-state index is 12.6. The number of nitrogens with one attached hydrogen (secondary N) is 1. The Bertz CT molecular complexity index is 1400. The maximum Gasteiger partial charge on any atom is 0.264 e. The molecule has 0 unspecified atom stereocenters. The number of aliphatic imine (C=N–C) groups is 1. The zero-order chi connectivity index (χ0) is 25.8. The summed E-state index contributed by atoms with van der Waals surface area (Å²) in [5.74, 6) is 0.866. The predicted octanol–water partition coefficient (Wildman–Crippen LogP) is 8.59. The van der Waals surface area contributed by atoms with Gasteiger partial charge in [0.15, 0.2) is 16.7 Å². The Balaban J connectivity index is 1.57. The number of nitrogens with zero attached hydrogens (tertiary/aromatic N) is 1. The third kappa shape index (κ3) is 6.39. The minimum absolute atomic E-state index is 0.229. The van der Waals surface area contributed by atoms with Crippen molar-refractivity contribution in [3.8, 4) is 11.5 Å². The molecule has 10 heteroatoms. The van der Waals surface area contributed by atoms with Crippen LogP contribution in [0.5, 0.6) is 11.5 Å². The molecule has 1 aliphatic rings. The molecule has 3 aromatic carbocycles. The van der Waals surface area contributed by atoms with Crippen molar-refractivity contribution in [1.82, 2.24) is 5.32 Å². The molecule has 0 spiro atoms. The smallest absolute Gasteiger partial charge is 0.264 e. The van der Waals surface area contributed by atoms with Crippen LogP contribution in [-0.2, 0) is 11.4 Å². The highest BCUT2D eigenvalue weighted by Gasteiger charge is 2.24. The monoisotopic (exact) mass is 624 g/mol. The van der Waals surface area contributed by atoms with E-state index in [0.29, 0.717) is 53.4 Å². The van der Waals surface area contributed by atoms with Crippen LogP contribution in [0.3, 0.4) is 0 Å². The van der Waals surface area contributed by atoms with Crippen LogP contribution in [0.4, 0.5) is 5.69 Å². The third-order valence-electron chi connectivity index (χ3n) is 5.11. The van der Waals surface area contributed by atoms with Crippen LogP contribution in [0.2, 0.25) is 15.1 Å². The first-order chi connectivity index (χ1) is 17.2. The number of amidine groups is 1. The van der Waals surface area contributed by atoms with E-state index in [4.69, 9.17) is 44.3 Å². The van der Waals surface area contributed by atoms with E-state index in [9.17, 15) is 4.79 Å². The molecule has 4 rings (SSSR count). The molecule has 0 aromatic heterocycles. The fraction of sp³-hybridized carbons (Fsp3) is 0.154. The average molecular weight is 627 g/mol. The summed E-state index contributed by atoms with van der Waals surface area (Å²) in [4.78, 5) is 17.7. The van der Waals surface area contributed by atoms with Crippen LogP contribution in [-0.4, -0.2) is 17.7 Å². The van der Waals surface area contributed by atoms with Crippen molar-refractivity contribution in [3.05, 3.63) is 89.7 Å². The number of thioether (sulfide) groups is 1. The van der Waals surface area contributed by atoms with Crippen molar-refractivity contribution in [1.29, 1.82) is 0 Å². The quantitative estimate of drug-likeness (QED) is 0.267. The standard InChI is InChI=1S/C26H20BrCl3N2O3S/c1-3-34-22-11-16(9-17(27)24(22)35-13-15-7-8-19(29)20(30)10-15)12-23-25(33)32-26(36-23)31-21-6-4-5-18(28)14(21)2/h4-12H,3,13H2,1-2H3,(H,31,32,33)/b23-12+. The first kappa shape index (κ1) is 26.9. The number of halogens is 4. The van der Waals surface area contributed by atoms with Crippen molar-refractivity contribution in [2.75, 3.05) is 6.61 Å². The number of ether oxygens (including phenoxy) is 2. The molecular formula is C26H20BrCl3N2O3S. The van der Waals surface area contributed by atoms with Gasteiger partial charge in [-0.05, 0) is 101 Å². The number of rotatable bonds is 7. The summed E-state index contributed by atoms with van der Waals surface area (Å²) in [5, 5.41) is 4.86. The number of amides is 1. The molecule has 1 heterocycles. The summed E-state index contributed by atoms with van der Waals surface area (Å²) < 4.78 is 12.6. The highest BCUT2D eigenvalue weighted by molar-refractivity contribution is 9.10. The second kappa shape index (κ2) is 11.9. The Labute approximate surface area is 237 Å². The Morgan fingerprint density at radius 3 is 2.61 bits per heavy atom. The van der Waals surface area contributed by atoms with Gasteiger partial charge in [-0.25, -0.2) is 4.99 Å². The summed E-state index contributed by atoms with van der Waals surface area (Å²) in [6, 6.07) is 14.5. The molecule has 0 radical (unpaired) electrons. The molecule has 1 aliphatic heterocycles. The summed E-state index contributed by atoms with van der Waals surface area (Å²) in [5.41, 5.74) is 3.19. The number of hydrogen-bond acceptors (Lipinski definition) is 5. The molecule has 1 saturated heterocycles. The van der Waals surface area contributed by atoms with E-state index in [0.717, 1.165) is 16.7 Å². The Hall–Kier alpha value is -2.16. The Morgan fingerprint density at radius 1 is 1.06 bits per heavy atom. The van der Waals surface area contributed by atoms with Crippen LogP contribution < -0.4 is 14.8 Å². The van der Waals surface area contributed by atoms with Crippen molar-refractivity contribution in [2.45, 2.75) is 20.5 Å². The molecule has 36 heavy (non-hydrogen) atoms. The molecule has 0 bridgehead atoms. The van der Waals surface area contributed by atoms with E-state index >= 15 is 0 Å². The van der Waals surface area contributed by atoms with Gasteiger partial charge in [0.2, 0.25) is 0 Å². The van der Waals surface area contributed by atoms with Crippen LogP contribution in [0.25, 0.3) is 6.08 Å². The Morgan fingerprint density at radius 2 is 1.86 bits per heavy atom. The molecule has 5 nitrogen and oxygen atoms in total. The van der Waals surface area contributed by atoms with Gasteiger partial charge in [-0.15, -0.1) is 0 Å². The topological polar surface area (TPSA) is 59.9 Å². The zero-order valence-electron chi connectivity index (χ0n) is 19.2. The lowest BCUT2D eigenvalue weighted by Crippen LogP contribution is -2.19. The predicted molar refractivity (Wildman–Crippen MR) is 153 cm³/mol. The first-order valence-electron chi connectivity index (χ1n) is 10.8. The van der Waals surface area contributed by atoms with Gasteiger partial charge in [-0.3, -0.25) is 4.79 Å². The van der Waals surface area contributed by atoms with Crippen LogP contribution in [0.15, 0.2) is 62.9 Å².